The Kier molecular flexibility index (Phi) is 5.78. The number of H-pyrrole nitrogens is 1. The third-order valence-electron chi connectivity index (χ3n) is 4.69. The number of benzene rings is 2. The van der Waals surface area contributed by atoms with E-state index in [1.807, 2.05) is 4.72 Å². The Bertz CT molecular complexity index is 1450. The molecular weight excluding hydrogens is 511 g/mol. The number of carbonyl (C=O) groups is 1. The second-order valence-corrected chi connectivity index (χ2v) is 9.35. The largest absolute Gasteiger partial charge is 0.345 e. The molecule has 32 heavy (non-hydrogen) atoms. The zero-order chi connectivity index (χ0) is 23.0. The van der Waals surface area contributed by atoms with Crippen molar-refractivity contribution in [3.63, 3.8) is 0 Å². The fraction of sp³-hybridized carbons (Fsp3) is 0.0476. The highest BCUT2D eigenvalue weighted by Crippen LogP contribution is 2.29. The first-order chi connectivity index (χ1) is 15.2. The lowest BCUT2D eigenvalue weighted by Gasteiger charge is -2.12. The molecule has 4 aromatic rings. The second-order valence-electron chi connectivity index (χ2n) is 6.75. The number of alkyl halides is 1. The van der Waals surface area contributed by atoms with Crippen molar-refractivity contribution in [2.75, 3.05) is 4.72 Å². The molecule has 2 aromatic heterocycles. The van der Waals surface area contributed by atoms with E-state index in [-0.39, 0.29) is 16.0 Å². The van der Waals surface area contributed by atoms with Gasteiger partial charge in [0, 0.05) is 27.8 Å². The molecule has 6 nitrogen and oxygen atoms in total. The van der Waals surface area contributed by atoms with E-state index < -0.39 is 45.4 Å². The van der Waals surface area contributed by atoms with E-state index in [9.17, 15) is 22.0 Å². The summed E-state index contributed by atoms with van der Waals surface area (Å²) in [6, 6.07) is 8.09. The third-order valence-corrected chi connectivity index (χ3v) is 6.51. The van der Waals surface area contributed by atoms with E-state index in [2.05, 4.69) is 25.9 Å². The minimum Gasteiger partial charge on any atom is -0.345 e. The van der Waals surface area contributed by atoms with Crippen LogP contribution in [0.3, 0.4) is 0 Å². The molecule has 0 amide bonds. The number of hydrogen-bond donors (Lipinski definition) is 2. The number of hydrogen-bond acceptors (Lipinski definition) is 4. The summed E-state index contributed by atoms with van der Waals surface area (Å²) in [5.41, 5.74) is -0.952. The predicted molar refractivity (Wildman–Crippen MR) is 116 cm³/mol. The Morgan fingerprint density at radius 2 is 1.84 bits per heavy atom. The minimum atomic E-state index is -4.28. The van der Waals surface area contributed by atoms with Crippen LogP contribution >= 0.6 is 15.9 Å². The smallest absolute Gasteiger partial charge is 0.261 e. The van der Waals surface area contributed by atoms with Crippen LogP contribution in [0, 0.1) is 11.6 Å². The highest BCUT2D eigenvalue weighted by Gasteiger charge is 2.26. The number of halogens is 4. The van der Waals surface area contributed by atoms with E-state index in [0.29, 0.717) is 15.5 Å². The first-order valence-electron chi connectivity index (χ1n) is 9.04. The molecule has 164 valence electrons. The summed E-state index contributed by atoms with van der Waals surface area (Å²) in [6.07, 6.45) is 2.76. The summed E-state index contributed by atoms with van der Waals surface area (Å²) < 4.78 is 70.0. The van der Waals surface area contributed by atoms with Gasteiger partial charge >= 0.3 is 0 Å². The SMILES string of the molecule is O=C(c1c(F)ccc(NS(=O)(=O)c2ccc(CF)cc2)c1F)c1c[nH]c2ncc(Br)cc12. The monoisotopic (exact) mass is 523 g/mol. The van der Waals surface area contributed by atoms with E-state index >= 15 is 4.39 Å². The molecule has 4 rings (SSSR count). The molecule has 0 atom stereocenters. The van der Waals surface area contributed by atoms with E-state index in [1.165, 1.54) is 24.5 Å². The maximum Gasteiger partial charge on any atom is 0.261 e. The third kappa shape index (κ3) is 4.00. The van der Waals surface area contributed by atoms with Gasteiger partial charge in [-0.3, -0.25) is 9.52 Å². The van der Waals surface area contributed by atoms with Gasteiger partial charge in [-0.05, 0) is 51.8 Å². The molecule has 0 aliphatic carbocycles. The zero-order valence-corrected chi connectivity index (χ0v) is 18.4. The lowest BCUT2D eigenvalue weighted by Crippen LogP contribution is -2.16. The Hall–Kier alpha value is -3.18. The van der Waals surface area contributed by atoms with E-state index in [1.54, 1.807) is 6.07 Å². The number of anilines is 1. The molecule has 11 heteroatoms. The van der Waals surface area contributed by atoms with Crippen molar-refractivity contribution < 1.29 is 26.4 Å². The number of pyridine rings is 1. The first-order valence-corrected chi connectivity index (χ1v) is 11.3. The van der Waals surface area contributed by atoms with Crippen molar-refractivity contribution in [1.29, 1.82) is 0 Å². The molecule has 0 fully saturated rings. The highest BCUT2D eigenvalue weighted by atomic mass is 79.9. The first kappa shape index (κ1) is 22.0. The van der Waals surface area contributed by atoms with E-state index in [4.69, 9.17) is 0 Å². The van der Waals surface area contributed by atoms with Crippen molar-refractivity contribution in [3.8, 4) is 0 Å². The normalized spacial score (nSPS) is 11.6. The molecule has 2 aromatic carbocycles. The van der Waals surface area contributed by atoms with Gasteiger partial charge in [-0.1, -0.05) is 12.1 Å². The number of carbonyl (C=O) groups excluding carboxylic acids is 1. The van der Waals surface area contributed by atoms with Gasteiger partial charge in [-0.25, -0.2) is 26.6 Å². The summed E-state index contributed by atoms with van der Waals surface area (Å²) in [4.78, 5) is 19.6. The Morgan fingerprint density at radius 3 is 2.53 bits per heavy atom. The van der Waals surface area contributed by atoms with Crippen LogP contribution in [0.1, 0.15) is 21.5 Å². The Labute approximate surface area is 188 Å². The summed E-state index contributed by atoms with van der Waals surface area (Å²) in [7, 11) is -4.28. The maximum atomic E-state index is 15.1. The average molecular weight is 524 g/mol. The van der Waals surface area contributed by atoms with Crippen LogP contribution in [-0.2, 0) is 16.7 Å². The molecule has 0 saturated heterocycles. The molecular formula is C21H13BrF3N3O3S. The lowest BCUT2D eigenvalue weighted by molar-refractivity contribution is 0.103. The predicted octanol–water partition coefficient (Wildman–Crippen LogP) is 5.10. The molecule has 0 aliphatic rings. The van der Waals surface area contributed by atoms with Crippen molar-refractivity contribution in [2.24, 2.45) is 0 Å². The molecule has 0 unspecified atom stereocenters. The van der Waals surface area contributed by atoms with Crippen LogP contribution in [-0.4, -0.2) is 24.2 Å². The van der Waals surface area contributed by atoms with Crippen LogP contribution in [0.2, 0.25) is 0 Å². The molecule has 2 N–H and O–H groups in total. The van der Waals surface area contributed by atoms with Gasteiger partial charge in [0.15, 0.2) is 5.82 Å². The second kappa shape index (κ2) is 8.40. The van der Waals surface area contributed by atoms with Gasteiger partial charge in [0.25, 0.3) is 10.0 Å². The van der Waals surface area contributed by atoms with Crippen LogP contribution in [0.5, 0.6) is 0 Å². The Balaban J connectivity index is 1.74. The molecule has 0 aliphatic heterocycles. The van der Waals surface area contributed by atoms with Crippen LogP contribution in [0.4, 0.5) is 18.9 Å². The van der Waals surface area contributed by atoms with Crippen LogP contribution in [0.25, 0.3) is 11.0 Å². The standard InChI is InChI=1S/C21H13BrF3N3O3S/c22-12-7-14-15(10-27-21(14)26-9-12)20(29)18-16(24)5-6-17(19(18)25)28-32(30,31)13-3-1-11(8-23)2-4-13/h1-7,9-10,28H,8H2,(H,26,27). The Morgan fingerprint density at radius 1 is 1.12 bits per heavy atom. The fourth-order valence-corrected chi connectivity index (χ4v) is 4.49. The number of aromatic nitrogens is 2. The molecule has 0 bridgehead atoms. The fourth-order valence-electron chi connectivity index (χ4n) is 3.10. The number of sulfonamides is 1. The molecule has 0 spiro atoms. The van der Waals surface area contributed by atoms with Gasteiger partial charge in [0.2, 0.25) is 5.78 Å². The van der Waals surface area contributed by atoms with Gasteiger partial charge in [-0.2, -0.15) is 0 Å². The topological polar surface area (TPSA) is 91.9 Å². The highest BCUT2D eigenvalue weighted by molar-refractivity contribution is 9.10. The van der Waals surface area contributed by atoms with Crippen LogP contribution < -0.4 is 4.72 Å². The minimum absolute atomic E-state index is 0.0339. The van der Waals surface area contributed by atoms with Gasteiger partial charge in [0.1, 0.15) is 18.1 Å². The summed E-state index contributed by atoms with van der Waals surface area (Å²) in [6.45, 7) is -0.772. The number of nitrogens with one attached hydrogen (secondary N) is 2. The quantitative estimate of drug-likeness (QED) is 0.343. The van der Waals surface area contributed by atoms with Gasteiger partial charge < -0.3 is 4.98 Å². The number of ketones is 1. The number of nitrogens with zero attached hydrogens (tertiary/aromatic N) is 1. The molecule has 2 heterocycles. The molecule has 0 radical (unpaired) electrons. The van der Waals surface area contributed by atoms with Crippen molar-refractivity contribution in [2.45, 2.75) is 11.6 Å². The van der Waals surface area contributed by atoms with Crippen molar-refractivity contribution in [1.82, 2.24) is 9.97 Å². The zero-order valence-electron chi connectivity index (χ0n) is 16.0. The van der Waals surface area contributed by atoms with E-state index in [0.717, 1.165) is 24.3 Å². The average Bonchev–Trinajstić information content (AvgIpc) is 3.18. The van der Waals surface area contributed by atoms with Crippen molar-refractivity contribution in [3.05, 3.63) is 87.7 Å². The molecule has 0 saturated carbocycles. The number of fused-ring (bicyclic) bond motifs is 1. The summed E-state index contributed by atoms with van der Waals surface area (Å²) >= 11 is 3.23. The lowest BCUT2D eigenvalue weighted by atomic mass is 10.0. The van der Waals surface area contributed by atoms with Gasteiger partial charge in [-0.15, -0.1) is 0 Å². The van der Waals surface area contributed by atoms with Crippen LogP contribution in [0.15, 0.2) is 64.2 Å². The van der Waals surface area contributed by atoms with Gasteiger partial charge in [0.05, 0.1) is 16.1 Å². The summed E-state index contributed by atoms with van der Waals surface area (Å²) in [5.74, 6) is -3.50. The number of aromatic amines is 1. The summed E-state index contributed by atoms with van der Waals surface area (Å²) in [5, 5.41) is 0.335. The number of rotatable bonds is 6. The maximum absolute atomic E-state index is 15.1. The van der Waals surface area contributed by atoms with Crippen molar-refractivity contribution >= 4 is 48.5 Å².